The Bertz CT molecular complexity index is 552. The van der Waals surface area contributed by atoms with Crippen LogP contribution in [0.15, 0.2) is 39.3 Å². The SMILES string of the molecule is C[N+]1=C=CN=CC(c2cccc[n+]2I)=C1I. The van der Waals surface area contributed by atoms with E-state index in [4.69, 9.17) is 0 Å². The van der Waals surface area contributed by atoms with Crippen molar-refractivity contribution >= 4 is 63.1 Å². The summed E-state index contributed by atoms with van der Waals surface area (Å²) in [5.74, 6) is 3.05. The lowest BCUT2D eigenvalue weighted by Gasteiger charge is -1.97. The lowest BCUT2D eigenvalue weighted by Crippen LogP contribution is -2.25. The molecular weight excluding hydrogens is 428 g/mol. The Balaban J connectivity index is 2.62. The zero-order valence-electron chi connectivity index (χ0n) is 8.56. The van der Waals surface area contributed by atoms with Gasteiger partial charge in [0.2, 0.25) is 5.69 Å². The van der Waals surface area contributed by atoms with E-state index in [1.807, 2.05) is 36.2 Å². The van der Waals surface area contributed by atoms with E-state index in [1.54, 1.807) is 6.20 Å². The fourth-order valence-corrected chi connectivity index (χ4v) is 2.48. The lowest BCUT2D eigenvalue weighted by atomic mass is 10.2. The van der Waals surface area contributed by atoms with Crippen molar-refractivity contribution < 1.29 is 7.36 Å². The summed E-state index contributed by atoms with van der Waals surface area (Å²) < 4.78 is 5.09. The minimum absolute atomic E-state index is 1.10. The third-order valence-electron chi connectivity index (χ3n) is 2.13. The average molecular weight is 437 g/mol. The maximum Gasteiger partial charge on any atom is 0.354 e. The predicted molar refractivity (Wildman–Crippen MR) is 81.2 cm³/mol. The Hall–Kier alpha value is -0.530. The molecule has 0 bridgehead atoms. The molecule has 0 unspecified atom stereocenters. The first-order chi connectivity index (χ1) is 7.70. The second-order valence-corrected chi connectivity index (χ2v) is 5.26. The van der Waals surface area contributed by atoms with Gasteiger partial charge in [-0.3, -0.25) is 0 Å². The maximum atomic E-state index is 4.19. The summed E-state index contributed by atoms with van der Waals surface area (Å²) in [4.78, 5) is 4.19. The van der Waals surface area contributed by atoms with Crippen LogP contribution in [0.5, 0.6) is 0 Å². The molecule has 3 nitrogen and oxygen atoms in total. The molecule has 1 aromatic rings. The number of aromatic nitrogens is 1. The van der Waals surface area contributed by atoms with Crippen LogP contribution in [0, 0.1) is 0 Å². The van der Waals surface area contributed by atoms with Crippen LogP contribution in [0.3, 0.4) is 0 Å². The van der Waals surface area contributed by atoms with Gasteiger partial charge in [0.15, 0.2) is 12.1 Å². The monoisotopic (exact) mass is 437 g/mol. The Morgan fingerprint density at radius 1 is 1.38 bits per heavy atom. The highest BCUT2D eigenvalue weighted by molar-refractivity contribution is 14.1. The Morgan fingerprint density at radius 3 is 2.94 bits per heavy atom. The van der Waals surface area contributed by atoms with Crippen molar-refractivity contribution in [1.82, 2.24) is 0 Å². The standard InChI is InChI=1S/C11H9I2N3/c1-15-7-5-14-8-9(11(15)12)10-4-2-3-6-16(10)13/h2-6,8H,1H3/q+2. The van der Waals surface area contributed by atoms with Crippen LogP contribution in [0.25, 0.3) is 5.57 Å². The summed E-state index contributed by atoms with van der Waals surface area (Å²) in [5.41, 5.74) is 2.22. The molecule has 0 N–H and O–H groups in total. The first-order valence-electron chi connectivity index (χ1n) is 4.62. The fraction of sp³-hybridized carbons (Fsp3) is 0.0909. The zero-order valence-corrected chi connectivity index (χ0v) is 12.9. The van der Waals surface area contributed by atoms with Gasteiger partial charge in [-0.1, -0.05) is 0 Å². The third kappa shape index (κ3) is 2.41. The molecule has 0 aromatic carbocycles. The number of nitrogens with zero attached hydrogens (tertiary/aromatic N) is 3. The molecule has 0 amide bonds. The summed E-state index contributed by atoms with van der Waals surface area (Å²) in [6.07, 6.45) is 5.55. The molecule has 0 aliphatic carbocycles. The Morgan fingerprint density at radius 2 is 2.19 bits per heavy atom. The van der Waals surface area contributed by atoms with Gasteiger partial charge in [-0.05, 0) is 6.07 Å². The largest absolute Gasteiger partial charge is 0.354 e. The number of allylic oxidation sites excluding steroid dienone is 1. The molecule has 0 radical (unpaired) electrons. The quantitative estimate of drug-likeness (QED) is 0.365. The maximum absolute atomic E-state index is 4.19. The van der Waals surface area contributed by atoms with Crippen LogP contribution in [-0.4, -0.2) is 23.7 Å². The molecule has 1 aromatic heterocycles. The lowest BCUT2D eigenvalue weighted by molar-refractivity contribution is -0.445. The van der Waals surface area contributed by atoms with Gasteiger partial charge < -0.3 is 0 Å². The summed E-state index contributed by atoms with van der Waals surface area (Å²) in [5, 5.41) is 0. The Labute approximate surface area is 122 Å². The second-order valence-electron chi connectivity index (χ2n) is 3.20. The van der Waals surface area contributed by atoms with E-state index in [-0.39, 0.29) is 0 Å². The van der Waals surface area contributed by atoms with Gasteiger partial charge in [-0.15, -0.1) is 7.36 Å². The minimum atomic E-state index is 1.10. The first kappa shape index (κ1) is 11.9. The zero-order chi connectivity index (χ0) is 11.5. The molecular formula is C11H9I2N3+2. The molecule has 0 saturated carbocycles. The third-order valence-corrected chi connectivity index (χ3v) is 4.28. The van der Waals surface area contributed by atoms with Crippen LogP contribution in [0.2, 0.25) is 0 Å². The summed E-state index contributed by atoms with van der Waals surface area (Å²) >= 11 is 4.57. The van der Waals surface area contributed by atoms with Crippen molar-refractivity contribution in [3.05, 3.63) is 40.0 Å². The summed E-state index contributed by atoms with van der Waals surface area (Å²) in [6.45, 7) is 0. The molecule has 0 atom stereocenters. The highest BCUT2D eigenvalue weighted by atomic mass is 127. The number of hydrogen-bond acceptors (Lipinski definition) is 1. The number of aliphatic imine (C=N–C) groups is 1. The van der Waals surface area contributed by atoms with Crippen LogP contribution in [0.4, 0.5) is 0 Å². The van der Waals surface area contributed by atoms with E-state index in [0.717, 1.165) is 15.0 Å². The van der Waals surface area contributed by atoms with Crippen molar-refractivity contribution in [3.63, 3.8) is 0 Å². The van der Waals surface area contributed by atoms with E-state index < -0.39 is 0 Å². The highest BCUT2D eigenvalue weighted by Crippen LogP contribution is 2.20. The van der Waals surface area contributed by atoms with Gasteiger partial charge in [0.25, 0.3) is 3.70 Å². The fourth-order valence-electron chi connectivity index (χ4n) is 1.32. The van der Waals surface area contributed by atoms with Crippen LogP contribution < -0.4 is 2.78 Å². The number of halogens is 2. The normalized spacial score (nSPS) is 15.1. The van der Waals surface area contributed by atoms with E-state index in [9.17, 15) is 0 Å². The molecule has 2 heterocycles. The molecule has 2 rings (SSSR count). The van der Waals surface area contributed by atoms with Gasteiger partial charge in [0.1, 0.15) is 18.8 Å². The molecule has 16 heavy (non-hydrogen) atoms. The van der Waals surface area contributed by atoms with Crippen molar-refractivity contribution in [2.75, 3.05) is 7.05 Å². The van der Waals surface area contributed by atoms with Gasteiger partial charge in [0.05, 0.1) is 0 Å². The van der Waals surface area contributed by atoms with Gasteiger partial charge >= 0.3 is 22.9 Å². The predicted octanol–water partition coefficient (Wildman–Crippen LogP) is 2.19. The van der Waals surface area contributed by atoms with Gasteiger partial charge in [-0.2, -0.15) is 0 Å². The molecule has 0 saturated heterocycles. The van der Waals surface area contributed by atoms with E-state index >= 15 is 0 Å². The van der Waals surface area contributed by atoms with E-state index in [2.05, 4.69) is 65.2 Å². The van der Waals surface area contributed by atoms with Crippen LogP contribution in [-0.2, 0) is 0 Å². The molecule has 0 fully saturated rings. The number of hydrogen-bond donors (Lipinski definition) is 0. The molecule has 1 aliphatic heterocycles. The van der Waals surface area contributed by atoms with Crippen LogP contribution in [0.1, 0.15) is 5.69 Å². The molecule has 5 heteroatoms. The first-order valence-corrected chi connectivity index (χ1v) is 6.66. The summed E-state index contributed by atoms with van der Waals surface area (Å²) in [7, 11) is 1.97. The van der Waals surface area contributed by atoms with Crippen LogP contribution >= 0.6 is 45.5 Å². The second kappa shape index (κ2) is 5.20. The average Bonchev–Trinajstić information content (AvgIpc) is 2.44. The van der Waals surface area contributed by atoms with Gasteiger partial charge in [-0.25, -0.2) is 4.99 Å². The molecule has 0 spiro atoms. The minimum Gasteiger partial charge on any atom is -0.249 e. The number of pyridine rings is 1. The van der Waals surface area contributed by atoms with Crippen molar-refractivity contribution in [2.24, 2.45) is 4.99 Å². The molecule has 80 valence electrons. The van der Waals surface area contributed by atoms with Crippen molar-refractivity contribution in [2.45, 2.75) is 0 Å². The van der Waals surface area contributed by atoms with E-state index in [1.165, 1.54) is 0 Å². The highest BCUT2D eigenvalue weighted by Gasteiger charge is 2.21. The Kier molecular flexibility index (Phi) is 3.88. The van der Waals surface area contributed by atoms with Crippen molar-refractivity contribution in [3.8, 4) is 0 Å². The molecule has 1 aliphatic rings. The van der Waals surface area contributed by atoms with Crippen molar-refractivity contribution in [1.29, 1.82) is 0 Å². The van der Waals surface area contributed by atoms with Gasteiger partial charge in [0, 0.05) is 40.9 Å². The smallest absolute Gasteiger partial charge is 0.249 e. The van der Waals surface area contributed by atoms with E-state index in [0.29, 0.717) is 0 Å². The number of rotatable bonds is 1. The topological polar surface area (TPSA) is 19.2 Å². The summed E-state index contributed by atoms with van der Waals surface area (Å²) in [6, 6.07) is 6.11.